The van der Waals surface area contributed by atoms with Gasteiger partial charge in [0, 0.05) is 31.7 Å². The van der Waals surface area contributed by atoms with Gasteiger partial charge in [0.1, 0.15) is 0 Å². The van der Waals surface area contributed by atoms with Crippen LogP contribution in [-0.4, -0.2) is 47.2 Å². The van der Waals surface area contributed by atoms with Gasteiger partial charge in [-0.25, -0.2) is 0 Å². The lowest BCUT2D eigenvalue weighted by molar-refractivity contribution is -0.121. The molecule has 0 radical (unpaired) electrons. The Morgan fingerprint density at radius 3 is 2.37 bits per heavy atom. The molecule has 2 atom stereocenters. The lowest BCUT2D eigenvalue weighted by Gasteiger charge is -2.47. The molecular formula is C23H30N2O2. The number of amides is 1. The summed E-state index contributed by atoms with van der Waals surface area (Å²) in [6.45, 7) is 6.12. The molecule has 144 valence electrons. The second-order valence-electron chi connectivity index (χ2n) is 7.63. The molecule has 3 rings (SSSR count). The van der Waals surface area contributed by atoms with Crippen molar-refractivity contribution in [1.29, 1.82) is 0 Å². The fourth-order valence-electron chi connectivity index (χ4n) is 4.04. The van der Waals surface area contributed by atoms with Crippen LogP contribution in [0.1, 0.15) is 32.3 Å². The summed E-state index contributed by atoms with van der Waals surface area (Å²) >= 11 is 0. The van der Waals surface area contributed by atoms with Crippen molar-refractivity contribution in [2.45, 2.75) is 44.8 Å². The number of likely N-dealkylation sites (tertiary alicyclic amines) is 1. The number of aliphatic hydroxyl groups is 1. The van der Waals surface area contributed by atoms with Crippen LogP contribution in [0.15, 0.2) is 60.7 Å². The molecule has 1 aliphatic rings. The lowest BCUT2D eigenvalue weighted by Crippen LogP contribution is -2.62. The maximum absolute atomic E-state index is 12.7. The minimum absolute atomic E-state index is 0.0595. The van der Waals surface area contributed by atoms with Crippen LogP contribution in [0.3, 0.4) is 0 Å². The van der Waals surface area contributed by atoms with Crippen LogP contribution in [0.2, 0.25) is 0 Å². The number of benzene rings is 2. The summed E-state index contributed by atoms with van der Waals surface area (Å²) < 4.78 is 0. The number of piperidine rings is 1. The molecule has 27 heavy (non-hydrogen) atoms. The van der Waals surface area contributed by atoms with E-state index in [-0.39, 0.29) is 11.9 Å². The summed E-state index contributed by atoms with van der Waals surface area (Å²) in [5, 5.41) is 11.2. The van der Waals surface area contributed by atoms with E-state index in [4.69, 9.17) is 0 Å². The van der Waals surface area contributed by atoms with Crippen LogP contribution in [0.4, 0.5) is 5.69 Å². The summed E-state index contributed by atoms with van der Waals surface area (Å²) in [5.74, 6) is 0.0595. The largest absolute Gasteiger partial charge is 0.387 e. The lowest BCUT2D eigenvalue weighted by atomic mass is 9.87. The van der Waals surface area contributed by atoms with Gasteiger partial charge in [0.05, 0.1) is 11.6 Å². The summed E-state index contributed by atoms with van der Waals surface area (Å²) in [6.07, 6.45) is 2.17. The van der Waals surface area contributed by atoms with Crippen molar-refractivity contribution in [2.24, 2.45) is 0 Å². The smallest absolute Gasteiger partial charge is 0.227 e. The Morgan fingerprint density at radius 1 is 1.15 bits per heavy atom. The minimum atomic E-state index is -0.949. The molecule has 0 unspecified atom stereocenters. The van der Waals surface area contributed by atoms with E-state index in [1.54, 1.807) is 0 Å². The summed E-state index contributed by atoms with van der Waals surface area (Å²) in [4.78, 5) is 16.8. The number of carbonyl (C=O) groups is 1. The van der Waals surface area contributed by atoms with E-state index >= 15 is 0 Å². The molecule has 2 aromatic rings. The third-order valence-electron chi connectivity index (χ3n) is 5.46. The third-order valence-corrected chi connectivity index (χ3v) is 5.46. The highest BCUT2D eigenvalue weighted by Crippen LogP contribution is 2.30. The van der Waals surface area contributed by atoms with Gasteiger partial charge in [0.2, 0.25) is 5.91 Å². The molecule has 1 heterocycles. The zero-order valence-electron chi connectivity index (χ0n) is 16.3. The Hall–Kier alpha value is -2.17. The molecule has 0 saturated carbocycles. The Morgan fingerprint density at radius 2 is 1.78 bits per heavy atom. The number of rotatable bonds is 6. The number of β-amino-alcohol motifs (C(OH)–C–C–N with tert-alkyl or cyclic N) is 1. The first-order valence-electron chi connectivity index (χ1n) is 9.87. The van der Waals surface area contributed by atoms with Crippen molar-refractivity contribution in [3.05, 3.63) is 66.2 Å². The number of hydrogen-bond acceptors (Lipinski definition) is 3. The number of nitrogens with zero attached hydrogens (tertiary/aromatic N) is 2. The molecule has 1 N–H and O–H groups in total. The van der Waals surface area contributed by atoms with E-state index in [1.165, 1.54) is 5.56 Å². The first-order chi connectivity index (χ1) is 13.0. The molecule has 0 bridgehead atoms. The van der Waals surface area contributed by atoms with E-state index in [0.29, 0.717) is 13.0 Å². The molecule has 1 aliphatic heterocycles. The summed E-state index contributed by atoms with van der Waals surface area (Å²) in [6, 6.07) is 20.0. The highest BCUT2D eigenvalue weighted by Gasteiger charge is 2.43. The molecule has 4 nitrogen and oxygen atoms in total. The SMILES string of the molecule is CCC(=O)N(c1ccccc1)[C@H]1CCN(CCc2ccccc2)C[C@@]1(C)O. The average molecular weight is 367 g/mol. The third kappa shape index (κ3) is 4.76. The Kier molecular flexibility index (Phi) is 6.30. The van der Waals surface area contributed by atoms with E-state index in [0.717, 1.165) is 31.6 Å². The van der Waals surface area contributed by atoms with Gasteiger partial charge in [-0.15, -0.1) is 0 Å². The van der Waals surface area contributed by atoms with E-state index in [9.17, 15) is 9.90 Å². The quantitative estimate of drug-likeness (QED) is 0.851. The van der Waals surface area contributed by atoms with Crippen LogP contribution < -0.4 is 4.90 Å². The molecule has 0 aromatic heterocycles. The minimum Gasteiger partial charge on any atom is -0.387 e. The van der Waals surface area contributed by atoms with Gasteiger partial charge in [-0.1, -0.05) is 55.5 Å². The Labute approximate surface area is 162 Å². The Bertz CT molecular complexity index is 731. The van der Waals surface area contributed by atoms with E-state index in [2.05, 4.69) is 29.2 Å². The van der Waals surface area contributed by atoms with Crippen molar-refractivity contribution in [3.63, 3.8) is 0 Å². The number of para-hydroxylation sites is 1. The van der Waals surface area contributed by atoms with Gasteiger partial charge in [-0.2, -0.15) is 0 Å². The van der Waals surface area contributed by atoms with E-state index in [1.807, 2.05) is 55.1 Å². The zero-order chi connectivity index (χ0) is 19.3. The summed E-state index contributed by atoms with van der Waals surface area (Å²) in [7, 11) is 0. The van der Waals surface area contributed by atoms with Crippen molar-refractivity contribution >= 4 is 11.6 Å². The van der Waals surface area contributed by atoms with Gasteiger partial charge in [0.15, 0.2) is 0 Å². The maximum Gasteiger partial charge on any atom is 0.227 e. The standard InChI is InChI=1S/C23H30N2O2/c1-3-22(26)25(20-12-8-5-9-13-20)21-15-17-24(18-23(21,2)27)16-14-19-10-6-4-7-11-19/h4-13,21,27H,3,14-18H2,1-2H3/t21-,23+/m0/s1. The predicted molar refractivity (Wildman–Crippen MR) is 110 cm³/mol. The number of anilines is 1. The molecule has 1 amide bonds. The molecule has 0 aliphatic carbocycles. The van der Waals surface area contributed by atoms with Gasteiger partial charge in [-0.05, 0) is 37.5 Å². The van der Waals surface area contributed by atoms with Crippen molar-refractivity contribution in [2.75, 3.05) is 24.5 Å². The molecule has 1 saturated heterocycles. The second kappa shape index (κ2) is 8.68. The first kappa shape index (κ1) is 19.6. The topological polar surface area (TPSA) is 43.8 Å². The van der Waals surface area contributed by atoms with E-state index < -0.39 is 5.60 Å². The van der Waals surface area contributed by atoms with Gasteiger partial charge in [-0.3, -0.25) is 9.69 Å². The first-order valence-corrected chi connectivity index (χ1v) is 9.87. The average Bonchev–Trinajstić information content (AvgIpc) is 2.69. The van der Waals surface area contributed by atoms with Crippen LogP contribution in [0.5, 0.6) is 0 Å². The van der Waals surface area contributed by atoms with Crippen LogP contribution in [-0.2, 0) is 11.2 Å². The highest BCUT2D eigenvalue weighted by atomic mass is 16.3. The van der Waals surface area contributed by atoms with Gasteiger partial charge >= 0.3 is 0 Å². The van der Waals surface area contributed by atoms with Crippen molar-refractivity contribution in [1.82, 2.24) is 4.90 Å². The fourth-order valence-corrected chi connectivity index (χ4v) is 4.04. The highest BCUT2D eigenvalue weighted by molar-refractivity contribution is 5.94. The fraction of sp³-hybridized carbons (Fsp3) is 0.435. The molecule has 1 fully saturated rings. The molecule has 4 heteroatoms. The van der Waals surface area contributed by atoms with Crippen molar-refractivity contribution in [3.8, 4) is 0 Å². The zero-order valence-corrected chi connectivity index (χ0v) is 16.3. The predicted octanol–water partition coefficient (Wildman–Crippen LogP) is 3.50. The van der Waals surface area contributed by atoms with Gasteiger partial charge in [0.25, 0.3) is 0 Å². The van der Waals surface area contributed by atoms with Crippen LogP contribution in [0, 0.1) is 0 Å². The van der Waals surface area contributed by atoms with Crippen LogP contribution >= 0.6 is 0 Å². The Balaban J connectivity index is 1.71. The molecular weight excluding hydrogens is 336 g/mol. The summed E-state index contributed by atoms with van der Waals surface area (Å²) in [5.41, 5.74) is 1.23. The molecule has 0 spiro atoms. The van der Waals surface area contributed by atoms with Gasteiger partial charge < -0.3 is 10.0 Å². The number of carbonyl (C=O) groups excluding carboxylic acids is 1. The monoisotopic (exact) mass is 366 g/mol. The second-order valence-corrected chi connectivity index (χ2v) is 7.63. The maximum atomic E-state index is 12.7. The number of hydrogen-bond donors (Lipinski definition) is 1. The van der Waals surface area contributed by atoms with Crippen molar-refractivity contribution < 1.29 is 9.90 Å². The molecule has 2 aromatic carbocycles. The van der Waals surface area contributed by atoms with Crippen LogP contribution in [0.25, 0.3) is 0 Å². The normalized spacial score (nSPS) is 23.1.